The highest BCUT2D eigenvalue weighted by Crippen LogP contribution is 2.21. The molecule has 0 amide bonds. The number of ether oxygens (including phenoxy) is 1. The fourth-order valence-corrected chi connectivity index (χ4v) is 2.51. The van der Waals surface area contributed by atoms with E-state index in [4.69, 9.17) is 10.5 Å². The summed E-state index contributed by atoms with van der Waals surface area (Å²) in [6.07, 6.45) is 1.99. The second-order valence-corrected chi connectivity index (χ2v) is 5.41. The minimum Gasteiger partial charge on any atom is -0.383 e. The Kier molecular flexibility index (Phi) is 5.19. The molecule has 2 heterocycles. The van der Waals surface area contributed by atoms with Crippen molar-refractivity contribution in [2.75, 3.05) is 39.6 Å². The molecule has 2 N–H and O–H groups in total. The van der Waals surface area contributed by atoms with Crippen molar-refractivity contribution in [2.24, 2.45) is 7.05 Å². The summed E-state index contributed by atoms with van der Waals surface area (Å²) in [5.74, 6) is 0.565. The molecule has 0 aromatic carbocycles. The Labute approximate surface area is 125 Å². The quantitative estimate of drug-likeness (QED) is 0.782. The minimum absolute atomic E-state index is 0.565. The van der Waals surface area contributed by atoms with Gasteiger partial charge in [0.2, 0.25) is 5.95 Å². The van der Waals surface area contributed by atoms with Gasteiger partial charge in [0.15, 0.2) is 5.65 Å². The Balaban J connectivity index is 2.17. The molecule has 0 fully saturated rings. The number of likely N-dealkylation sites (N-methyl/N-ethyl adjacent to an activating group) is 1. The lowest BCUT2D eigenvalue weighted by Gasteiger charge is -2.16. The standard InChI is InChI=1S/C14H26N6O/c1-5-6-11-12-13(19(3)17-11)20(14(15)16-12)8-7-18(2)9-10-21-4/h5-10H2,1-4H3,(H2,15,16). The number of imidazole rings is 1. The fourth-order valence-electron chi connectivity index (χ4n) is 2.51. The number of hydrogen-bond donors (Lipinski definition) is 1. The number of anilines is 1. The molecule has 0 aliphatic rings. The molecule has 7 heteroatoms. The van der Waals surface area contributed by atoms with Gasteiger partial charge >= 0.3 is 0 Å². The minimum atomic E-state index is 0.565. The number of aromatic nitrogens is 4. The molecule has 0 bridgehead atoms. The van der Waals surface area contributed by atoms with E-state index in [0.717, 1.165) is 55.9 Å². The van der Waals surface area contributed by atoms with E-state index in [0.29, 0.717) is 5.95 Å². The van der Waals surface area contributed by atoms with Crippen LogP contribution in [0.25, 0.3) is 11.2 Å². The van der Waals surface area contributed by atoms with Gasteiger partial charge in [0, 0.05) is 33.8 Å². The van der Waals surface area contributed by atoms with E-state index >= 15 is 0 Å². The van der Waals surface area contributed by atoms with Crippen LogP contribution in [-0.2, 0) is 24.8 Å². The van der Waals surface area contributed by atoms with E-state index in [1.807, 2.05) is 16.3 Å². The second kappa shape index (κ2) is 6.91. The molecule has 0 aliphatic heterocycles. The number of rotatable bonds is 8. The highest BCUT2D eigenvalue weighted by Gasteiger charge is 2.17. The zero-order valence-corrected chi connectivity index (χ0v) is 13.5. The van der Waals surface area contributed by atoms with Crippen LogP contribution in [0.2, 0.25) is 0 Å². The van der Waals surface area contributed by atoms with Crippen LogP contribution in [-0.4, -0.2) is 58.1 Å². The van der Waals surface area contributed by atoms with Crippen LogP contribution in [0.4, 0.5) is 5.95 Å². The van der Waals surface area contributed by atoms with Crippen LogP contribution in [0.5, 0.6) is 0 Å². The maximum Gasteiger partial charge on any atom is 0.202 e. The SMILES string of the molecule is CCCc1nn(C)c2c1nc(N)n2CCN(C)CCOC. The van der Waals surface area contributed by atoms with Crippen LogP contribution >= 0.6 is 0 Å². The molecule has 2 aromatic rings. The molecule has 7 nitrogen and oxygen atoms in total. The monoisotopic (exact) mass is 294 g/mol. The Bertz CT molecular complexity index is 588. The first-order valence-corrected chi connectivity index (χ1v) is 7.43. The summed E-state index contributed by atoms with van der Waals surface area (Å²) in [7, 11) is 5.75. The topological polar surface area (TPSA) is 74.1 Å². The van der Waals surface area contributed by atoms with Crippen LogP contribution in [0.15, 0.2) is 0 Å². The molecule has 0 atom stereocenters. The molecule has 2 rings (SSSR count). The summed E-state index contributed by atoms with van der Waals surface area (Å²) in [6, 6.07) is 0. The summed E-state index contributed by atoms with van der Waals surface area (Å²) in [6.45, 7) is 5.48. The van der Waals surface area contributed by atoms with Crippen molar-refractivity contribution < 1.29 is 4.74 Å². The number of aryl methyl sites for hydroxylation is 2. The Morgan fingerprint density at radius 3 is 2.76 bits per heavy atom. The molecule has 21 heavy (non-hydrogen) atoms. The van der Waals surface area contributed by atoms with Crippen molar-refractivity contribution in [3.05, 3.63) is 5.69 Å². The third-order valence-electron chi connectivity index (χ3n) is 3.69. The number of nitrogen functional groups attached to an aromatic ring is 1. The largest absolute Gasteiger partial charge is 0.383 e. The summed E-state index contributed by atoms with van der Waals surface area (Å²) in [4.78, 5) is 6.73. The van der Waals surface area contributed by atoms with E-state index in [-0.39, 0.29) is 0 Å². The molecule has 0 unspecified atom stereocenters. The Hall–Kier alpha value is -1.60. The van der Waals surface area contributed by atoms with Crippen molar-refractivity contribution in [3.63, 3.8) is 0 Å². The number of nitrogens with zero attached hydrogens (tertiary/aromatic N) is 5. The number of fused-ring (bicyclic) bond motifs is 1. The molecular weight excluding hydrogens is 268 g/mol. The fraction of sp³-hybridized carbons (Fsp3) is 0.714. The third kappa shape index (κ3) is 3.36. The van der Waals surface area contributed by atoms with E-state index in [2.05, 4.69) is 29.0 Å². The van der Waals surface area contributed by atoms with Gasteiger partial charge in [0.1, 0.15) is 5.52 Å². The van der Waals surface area contributed by atoms with Crippen LogP contribution < -0.4 is 5.73 Å². The van der Waals surface area contributed by atoms with Gasteiger partial charge in [-0.25, -0.2) is 4.98 Å². The summed E-state index contributed by atoms with van der Waals surface area (Å²) in [5, 5.41) is 4.56. The average Bonchev–Trinajstić information content (AvgIpc) is 2.93. The highest BCUT2D eigenvalue weighted by molar-refractivity contribution is 5.77. The summed E-state index contributed by atoms with van der Waals surface area (Å²) >= 11 is 0. The van der Waals surface area contributed by atoms with Crippen molar-refractivity contribution in [2.45, 2.75) is 26.3 Å². The zero-order chi connectivity index (χ0) is 15.4. The van der Waals surface area contributed by atoms with Gasteiger partial charge < -0.3 is 15.4 Å². The molecule has 118 valence electrons. The predicted octanol–water partition coefficient (Wildman–Crippen LogP) is 0.883. The second-order valence-electron chi connectivity index (χ2n) is 5.41. The number of methoxy groups -OCH3 is 1. The van der Waals surface area contributed by atoms with E-state index < -0.39 is 0 Å². The smallest absolute Gasteiger partial charge is 0.202 e. The number of nitrogens with two attached hydrogens (primary N) is 1. The van der Waals surface area contributed by atoms with Crippen LogP contribution in [0.3, 0.4) is 0 Å². The zero-order valence-electron chi connectivity index (χ0n) is 13.5. The van der Waals surface area contributed by atoms with Crippen molar-refractivity contribution >= 4 is 17.1 Å². The van der Waals surface area contributed by atoms with Gasteiger partial charge in [-0.3, -0.25) is 9.25 Å². The van der Waals surface area contributed by atoms with Gasteiger partial charge in [-0.1, -0.05) is 13.3 Å². The molecule has 0 saturated carbocycles. The first-order chi connectivity index (χ1) is 10.1. The lowest BCUT2D eigenvalue weighted by Crippen LogP contribution is -2.27. The molecule has 0 saturated heterocycles. The predicted molar refractivity (Wildman–Crippen MR) is 84.3 cm³/mol. The lowest BCUT2D eigenvalue weighted by molar-refractivity contribution is 0.159. The maximum absolute atomic E-state index is 6.09. The molecule has 0 aliphatic carbocycles. The van der Waals surface area contributed by atoms with Gasteiger partial charge in [-0.15, -0.1) is 0 Å². The molecular formula is C14H26N6O. The Morgan fingerprint density at radius 2 is 2.10 bits per heavy atom. The van der Waals surface area contributed by atoms with Gasteiger partial charge in [0.05, 0.1) is 12.3 Å². The first kappa shape index (κ1) is 15.8. The number of hydrogen-bond acceptors (Lipinski definition) is 5. The molecule has 0 radical (unpaired) electrons. The van der Waals surface area contributed by atoms with Crippen molar-refractivity contribution in [1.29, 1.82) is 0 Å². The van der Waals surface area contributed by atoms with Crippen molar-refractivity contribution in [3.8, 4) is 0 Å². The normalized spacial score (nSPS) is 11.9. The maximum atomic E-state index is 6.09. The summed E-state index contributed by atoms with van der Waals surface area (Å²) in [5.41, 5.74) is 9.07. The van der Waals surface area contributed by atoms with E-state index in [1.54, 1.807) is 7.11 Å². The van der Waals surface area contributed by atoms with Gasteiger partial charge in [0.25, 0.3) is 0 Å². The van der Waals surface area contributed by atoms with Crippen molar-refractivity contribution in [1.82, 2.24) is 24.2 Å². The molecule has 2 aromatic heterocycles. The highest BCUT2D eigenvalue weighted by atomic mass is 16.5. The van der Waals surface area contributed by atoms with Gasteiger partial charge in [-0.05, 0) is 13.5 Å². The van der Waals surface area contributed by atoms with Crippen LogP contribution in [0, 0.1) is 0 Å². The van der Waals surface area contributed by atoms with Gasteiger partial charge in [-0.2, -0.15) is 5.10 Å². The average molecular weight is 294 g/mol. The van der Waals surface area contributed by atoms with E-state index in [9.17, 15) is 0 Å². The summed E-state index contributed by atoms with van der Waals surface area (Å²) < 4.78 is 9.03. The third-order valence-corrected chi connectivity index (χ3v) is 3.69. The molecule has 0 spiro atoms. The van der Waals surface area contributed by atoms with Crippen LogP contribution in [0.1, 0.15) is 19.0 Å². The van der Waals surface area contributed by atoms with E-state index in [1.165, 1.54) is 0 Å². The lowest BCUT2D eigenvalue weighted by atomic mass is 10.2. The first-order valence-electron chi connectivity index (χ1n) is 7.43. The Morgan fingerprint density at radius 1 is 1.33 bits per heavy atom.